The van der Waals surface area contributed by atoms with Crippen LogP contribution in [0.4, 0.5) is 5.69 Å². The number of amides is 1. The monoisotopic (exact) mass is 208 g/mol. The van der Waals surface area contributed by atoms with Gasteiger partial charge in [-0.1, -0.05) is 0 Å². The minimum absolute atomic E-state index is 0.0456. The molecule has 1 amide bonds. The van der Waals surface area contributed by atoms with Crippen molar-refractivity contribution in [2.24, 2.45) is 0 Å². The highest BCUT2D eigenvalue weighted by atomic mass is 16.2. The first-order valence-corrected chi connectivity index (χ1v) is 5.12. The van der Waals surface area contributed by atoms with Gasteiger partial charge in [0.25, 0.3) is 0 Å². The molecule has 1 aromatic heterocycles. The molecule has 2 heterocycles. The number of aromatic amines is 1. The van der Waals surface area contributed by atoms with Gasteiger partial charge in [-0.05, 0) is 13.1 Å². The number of nitrogens with one attached hydrogen (secondary N) is 3. The van der Waals surface area contributed by atoms with Crippen LogP contribution in [0.1, 0.15) is 0 Å². The molecule has 1 atom stereocenters. The lowest BCUT2D eigenvalue weighted by atomic mass is 10.2. The minimum Gasteiger partial charge on any atom is -0.366 e. The van der Waals surface area contributed by atoms with Crippen LogP contribution in [-0.4, -0.2) is 48.5 Å². The molecule has 0 aliphatic carbocycles. The Morgan fingerprint density at radius 2 is 2.53 bits per heavy atom. The van der Waals surface area contributed by atoms with Crippen molar-refractivity contribution in [1.82, 2.24) is 15.2 Å². The van der Waals surface area contributed by atoms with E-state index in [0.717, 1.165) is 18.8 Å². The number of hydrogen-bond acceptors (Lipinski definition) is 3. The smallest absolute Gasteiger partial charge is 0.243 e. The summed E-state index contributed by atoms with van der Waals surface area (Å²) in [6, 6.07) is 1.77. The number of H-pyrrole nitrogens is 1. The van der Waals surface area contributed by atoms with E-state index in [4.69, 9.17) is 0 Å². The highest BCUT2D eigenvalue weighted by Crippen LogP contribution is 2.07. The summed E-state index contributed by atoms with van der Waals surface area (Å²) in [6.45, 7) is 2.57. The van der Waals surface area contributed by atoms with Gasteiger partial charge in [-0.2, -0.15) is 0 Å². The molecule has 0 aromatic carbocycles. The van der Waals surface area contributed by atoms with E-state index in [1.165, 1.54) is 0 Å². The molecule has 5 heteroatoms. The zero-order chi connectivity index (χ0) is 10.7. The van der Waals surface area contributed by atoms with Gasteiger partial charge in [0.2, 0.25) is 5.91 Å². The quantitative estimate of drug-likeness (QED) is 0.634. The van der Waals surface area contributed by atoms with Gasteiger partial charge in [-0.3, -0.25) is 9.69 Å². The molecular formula is C10H16N4O. The average Bonchev–Trinajstić information content (AvgIpc) is 2.71. The molecule has 82 valence electrons. The summed E-state index contributed by atoms with van der Waals surface area (Å²) >= 11 is 0. The van der Waals surface area contributed by atoms with E-state index < -0.39 is 0 Å². The van der Waals surface area contributed by atoms with Crippen LogP contribution in [0, 0.1) is 0 Å². The molecule has 1 saturated heterocycles. The van der Waals surface area contributed by atoms with Gasteiger partial charge in [-0.15, -0.1) is 0 Å². The van der Waals surface area contributed by atoms with Crippen LogP contribution in [0.5, 0.6) is 0 Å². The molecule has 1 aromatic rings. The van der Waals surface area contributed by atoms with E-state index in [9.17, 15) is 4.79 Å². The second kappa shape index (κ2) is 4.46. The van der Waals surface area contributed by atoms with Crippen molar-refractivity contribution >= 4 is 11.6 Å². The summed E-state index contributed by atoms with van der Waals surface area (Å²) in [6.07, 6.45) is 3.56. The molecule has 1 fully saturated rings. The lowest BCUT2D eigenvalue weighted by molar-refractivity contribution is -0.121. The van der Waals surface area contributed by atoms with E-state index >= 15 is 0 Å². The van der Waals surface area contributed by atoms with Crippen molar-refractivity contribution in [3.8, 4) is 0 Å². The highest BCUT2D eigenvalue weighted by molar-refractivity contribution is 5.94. The van der Waals surface area contributed by atoms with Crippen LogP contribution in [-0.2, 0) is 4.79 Å². The van der Waals surface area contributed by atoms with Crippen LogP contribution in [0.25, 0.3) is 0 Å². The Morgan fingerprint density at radius 1 is 1.67 bits per heavy atom. The van der Waals surface area contributed by atoms with Gasteiger partial charge in [0.15, 0.2) is 0 Å². The second-order valence-electron chi connectivity index (χ2n) is 3.79. The third-order valence-electron chi connectivity index (χ3n) is 2.68. The van der Waals surface area contributed by atoms with Gasteiger partial charge >= 0.3 is 0 Å². The Hall–Kier alpha value is -1.33. The molecule has 0 spiro atoms. The Balaban J connectivity index is 1.95. The highest BCUT2D eigenvalue weighted by Gasteiger charge is 2.25. The average molecular weight is 208 g/mol. The molecular weight excluding hydrogens is 192 g/mol. The van der Waals surface area contributed by atoms with Crippen molar-refractivity contribution in [3.63, 3.8) is 0 Å². The fraction of sp³-hybridized carbons (Fsp3) is 0.500. The maximum Gasteiger partial charge on any atom is 0.243 e. The van der Waals surface area contributed by atoms with Crippen molar-refractivity contribution in [2.75, 3.05) is 32.0 Å². The molecule has 5 nitrogen and oxygen atoms in total. The van der Waals surface area contributed by atoms with Crippen molar-refractivity contribution in [2.45, 2.75) is 6.04 Å². The van der Waals surface area contributed by atoms with Crippen molar-refractivity contribution in [3.05, 3.63) is 18.5 Å². The number of anilines is 1. The van der Waals surface area contributed by atoms with Gasteiger partial charge in [-0.25, -0.2) is 0 Å². The second-order valence-corrected chi connectivity index (χ2v) is 3.79. The molecule has 15 heavy (non-hydrogen) atoms. The first kappa shape index (κ1) is 10.2. The first-order chi connectivity index (χ1) is 7.27. The van der Waals surface area contributed by atoms with E-state index in [-0.39, 0.29) is 11.9 Å². The Kier molecular flexibility index (Phi) is 3.03. The lowest BCUT2D eigenvalue weighted by Crippen LogP contribution is -2.54. The predicted octanol–water partition coefficient (Wildman–Crippen LogP) is -0.143. The lowest BCUT2D eigenvalue weighted by Gasteiger charge is -2.31. The van der Waals surface area contributed by atoms with Gasteiger partial charge in [0.1, 0.15) is 6.04 Å². The number of likely N-dealkylation sites (N-methyl/N-ethyl adjacent to an activating group) is 1. The molecule has 1 unspecified atom stereocenters. The van der Waals surface area contributed by atoms with E-state index in [2.05, 4.69) is 20.5 Å². The largest absolute Gasteiger partial charge is 0.366 e. The van der Waals surface area contributed by atoms with Crippen LogP contribution in [0.3, 0.4) is 0 Å². The Labute approximate surface area is 88.8 Å². The first-order valence-electron chi connectivity index (χ1n) is 5.12. The van der Waals surface area contributed by atoms with E-state index in [1.807, 2.05) is 13.1 Å². The number of carbonyl (C=O) groups excluding carboxylic acids is 1. The summed E-state index contributed by atoms with van der Waals surface area (Å²) < 4.78 is 0. The standard InChI is InChI=1S/C10H16N4O/c1-14-5-4-12-7-9(14)10(15)13-8-2-3-11-6-8/h2-3,6,9,11-12H,4-5,7H2,1H3,(H,13,15). The van der Waals surface area contributed by atoms with Crippen molar-refractivity contribution in [1.29, 1.82) is 0 Å². The molecule has 1 aliphatic heterocycles. The summed E-state index contributed by atoms with van der Waals surface area (Å²) in [5, 5.41) is 6.09. The van der Waals surface area contributed by atoms with Crippen LogP contribution < -0.4 is 10.6 Å². The predicted molar refractivity (Wildman–Crippen MR) is 58.7 cm³/mol. The fourth-order valence-electron chi connectivity index (χ4n) is 1.73. The third kappa shape index (κ3) is 2.37. The summed E-state index contributed by atoms with van der Waals surface area (Å²) in [4.78, 5) is 16.8. The van der Waals surface area contributed by atoms with Crippen molar-refractivity contribution < 1.29 is 4.79 Å². The minimum atomic E-state index is -0.0753. The number of rotatable bonds is 2. The summed E-state index contributed by atoms with van der Waals surface area (Å²) in [5.41, 5.74) is 0.818. The molecule has 1 aliphatic rings. The Bertz CT molecular complexity index is 322. The third-order valence-corrected chi connectivity index (χ3v) is 2.68. The SMILES string of the molecule is CN1CCNCC1C(=O)Nc1cc[nH]c1. The zero-order valence-electron chi connectivity index (χ0n) is 8.79. The molecule has 0 saturated carbocycles. The number of hydrogen-bond donors (Lipinski definition) is 3. The Morgan fingerprint density at radius 3 is 3.20 bits per heavy atom. The van der Waals surface area contributed by atoms with E-state index in [0.29, 0.717) is 6.54 Å². The summed E-state index contributed by atoms with van der Waals surface area (Å²) in [7, 11) is 1.97. The van der Waals surface area contributed by atoms with E-state index in [1.54, 1.807) is 12.4 Å². The molecule has 3 N–H and O–H groups in total. The number of nitrogens with zero attached hydrogens (tertiary/aromatic N) is 1. The fourth-order valence-corrected chi connectivity index (χ4v) is 1.73. The zero-order valence-corrected chi connectivity index (χ0v) is 8.79. The van der Waals surface area contributed by atoms with Crippen LogP contribution in [0.2, 0.25) is 0 Å². The molecule has 0 radical (unpaired) electrons. The van der Waals surface area contributed by atoms with Crippen LogP contribution in [0.15, 0.2) is 18.5 Å². The van der Waals surface area contributed by atoms with Gasteiger partial charge in [0, 0.05) is 32.0 Å². The number of carbonyl (C=O) groups is 1. The number of piperazine rings is 1. The maximum atomic E-state index is 11.9. The van der Waals surface area contributed by atoms with Gasteiger partial charge < -0.3 is 15.6 Å². The molecule has 0 bridgehead atoms. The molecule has 2 rings (SSSR count). The summed E-state index contributed by atoms with van der Waals surface area (Å²) in [5.74, 6) is 0.0456. The maximum absolute atomic E-state index is 11.9. The van der Waals surface area contributed by atoms with Crippen LogP contribution >= 0.6 is 0 Å². The normalized spacial score (nSPS) is 22.6. The van der Waals surface area contributed by atoms with Gasteiger partial charge in [0.05, 0.1) is 5.69 Å². The topological polar surface area (TPSA) is 60.2 Å². The number of aromatic nitrogens is 1.